The summed E-state index contributed by atoms with van der Waals surface area (Å²) in [6, 6.07) is 4.97. The second-order valence-electron chi connectivity index (χ2n) is 8.52. The third-order valence-corrected chi connectivity index (χ3v) is 6.47. The highest BCUT2D eigenvalue weighted by atomic mass is 19.4. The van der Waals surface area contributed by atoms with Crippen molar-refractivity contribution in [2.24, 2.45) is 0 Å². The summed E-state index contributed by atoms with van der Waals surface area (Å²) in [5.41, 5.74) is -4.68. The Hall–Kier alpha value is -1.77. The van der Waals surface area contributed by atoms with Crippen LogP contribution in [0.15, 0.2) is 30.3 Å². The van der Waals surface area contributed by atoms with E-state index < -0.39 is 36.0 Å². The van der Waals surface area contributed by atoms with E-state index in [4.69, 9.17) is 0 Å². The van der Waals surface area contributed by atoms with E-state index >= 15 is 0 Å². The zero-order chi connectivity index (χ0) is 22.7. The zero-order valence-electron chi connectivity index (χ0n) is 17.2. The van der Waals surface area contributed by atoms with Crippen LogP contribution < -0.4 is 5.32 Å². The van der Waals surface area contributed by atoms with E-state index in [1.807, 2.05) is 0 Å². The molecule has 31 heavy (non-hydrogen) atoms. The molecule has 0 aromatic heterocycles. The molecule has 0 unspecified atom stereocenters. The average Bonchev–Trinajstić information content (AvgIpc) is 2.73. The van der Waals surface area contributed by atoms with Gasteiger partial charge in [-0.25, -0.2) is 0 Å². The molecule has 1 amide bonds. The third-order valence-electron chi connectivity index (χ3n) is 6.47. The lowest BCUT2D eigenvalue weighted by Gasteiger charge is -2.53. The number of amides is 1. The summed E-state index contributed by atoms with van der Waals surface area (Å²) in [5.74, 6) is -1.38. The van der Waals surface area contributed by atoms with E-state index in [9.17, 15) is 31.1 Å². The van der Waals surface area contributed by atoms with Crippen molar-refractivity contribution in [2.75, 3.05) is 0 Å². The molecule has 2 saturated carbocycles. The van der Waals surface area contributed by atoms with Crippen LogP contribution in [0, 0.1) is 0 Å². The van der Waals surface area contributed by atoms with Gasteiger partial charge >= 0.3 is 12.4 Å². The molecule has 3 rings (SSSR count). The molecule has 0 bridgehead atoms. The molecule has 0 saturated heterocycles. The van der Waals surface area contributed by atoms with E-state index in [-0.39, 0.29) is 31.2 Å². The molecule has 0 heterocycles. The molecule has 0 atom stereocenters. The first-order valence-corrected chi connectivity index (χ1v) is 10.9. The average molecular weight is 450 g/mol. The first-order chi connectivity index (χ1) is 14.6. The van der Waals surface area contributed by atoms with Crippen LogP contribution in [0.1, 0.15) is 74.6 Å². The standard InChI is InChI=1S/C22H28F6N2O/c23-21(24,25)20(22(26,27)28,29-19(31)16-10-4-1-5-11-16)30(17-12-6-2-7-13-17)18-14-8-3-9-15-18/h1,4-5,10-11,17-18H,2-3,6-9,12-15H2,(H,29,31). The summed E-state index contributed by atoms with van der Waals surface area (Å²) in [5, 5.41) is 1.46. The van der Waals surface area contributed by atoms with Crippen molar-refractivity contribution in [3.63, 3.8) is 0 Å². The maximum absolute atomic E-state index is 14.5. The predicted octanol–water partition coefficient (Wildman–Crippen LogP) is 6.20. The molecule has 1 aromatic rings. The van der Waals surface area contributed by atoms with Crippen LogP contribution >= 0.6 is 0 Å². The lowest BCUT2D eigenvalue weighted by Crippen LogP contribution is -2.79. The lowest BCUT2D eigenvalue weighted by molar-refractivity contribution is -0.360. The minimum Gasteiger partial charge on any atom is -0.318 e. The van der Waals surface area contributed by atoms with E-state index in [2.05, 4.69) is 0 Å². The quantitative estimate of drug-likeness (QED) is 0.428. The minimum absolute atomic E-state index is 0.243. The van der Waals surface area contributed by atoms with Gasteiger partial charge in [-0.05, 0) is 37.8 Å². The van der Waals surface area contributed by atoms with E-state index in [1.54, 1.807) is 0 Å². The van der Waals surface area contributed by atoms with Gasteiger partial charge in [-0.1, -0.05) is 56.7 Å². The lowest BCUT2D eigenvalue weighted by atomic mass is 9.85. The van der Waals surface area contributed by atoms with Crippen molar-refractivity contribution in [3.05, 3.63) is 35.9 Å². The number of hydrogen-bond acceptors (Lipinski definition) is 2. The zero-order valence-corrected chi connectivity index (χ0v) is 17.2. The van der Waals surface area contributed by atoms with Crippen LogP contribution in [0.2, 0.25) is 0 Å². The van der Waals surface area contributed by atoms with Crippen LogP contribution in [-0.2, 0) is 0 Å². The maximum atomic E-state index is 14.5. The molecular formula is C22H28F6N2O. The molecule has 2 aliphatic rings. The van der Waals surface area contributed by atoms with E-state index in [1.165, 1.54) is 35.6 Å². The molecule has 1 aromatic carbocycles. The molecular weight excluding hydrogens is 422 g/mol. The Bertz CT molecular complexity index is 690. The summed E-state index contributed by atoms with van der Waals surface area (Å²) < 4.78 is 87.2. The highest BCUT2D eigenvalue weighted by molar-refractivity contribution is 5.94. The molecule has 9 heteroatoms. The molecule has 174 valence electrons. The summed E-state index contributed by atoms with van der Waals surface area (Å²) in [6.07, 6.45) is -6.59. The largest absolute Gasteiger partial charge is 0.434 e. The van der Waals surface area contributed by atoms with Crippen molar-refractivity contribution in [3.8, 4) is 0 Å². The Labute approximate surface area is 178 Å². The van der Waals surface area contributed by atoms with Crippen molar-refractivity contribution < 1.29 is 31.1 Å². The number of nitrogens with one attached hydrogen (secondary N) is 1. The van der Waals surface area contributed by atoms with Crippen LogP contribution in [0.25, 0.3) is 0 Å². The van der Waals surface area contributed by atoms with Gasteiger partial charge in [0.1, 0.15) is 0 Å². The number of benzene rings is 1. The summed E-state index contributed by atoms with van der Waals surface area (Å²) in [7, 11) is 0. The van der Waals surface area contributed by atoms with Gasteiger partial charge in [-0.3, -0.25) is 9.69 Å². The van der Waals surface area contributed by atoms with Gasteiger partial charge in [0.25, 0.3) is 11.6 Å². The van der Waals surface area contributed by atoms with Gasteiger partial charge in [0.05, 0.1) is 0 Å². The Morgan fingerprint density at radius 2 is 1.16 bits per heavy atom. The summed E-state index contributed by atoms with van der Waals surface area (Å²) in [6.45, 7) is 0. The first kappa shape index (κ1) is 23.9. The van der Waals surface area contributed by atoms with Gasteiger partial charge < -0.3 is 5.32 Å². The number of halogens is 6. The molecule has 3 nitrogen and oxygen atoms in total. The third kappa shape index (κ3) is 4.86. The van der Waals surface area contributed by atoms with E-state index in [0.29, 0.717) is 30.6 Å². The Morgan fingerprint density at radius 3 is 1.55 bits per heavy atom. The monoisotopic (exact) mass is 450 g/mol. The normalized spacial score (nSPS) is 20.1. The maximum Gasteiger partial charge on any atom is 0.434 e. The fraction of sp³-hybridized carbons (Fsp3) is 0.682. The number of nitrogens with zero attached hydrogens (tertiary/aromatic N) is 1. The highest BCUT2D eigenvalue weighted by Gasteiger charge is 2.76. The first-order valence-electron chi connectivity index (χ1n) is 10.9. The van der Waals surface area contributed by atoms with Crippen LogP contribution in [0.5, 0.6) is 0 Å². The number of rotatable bonds is 5. The summed E-state index contributed by atoms with van der Waals surface area (Å²) in [4.78, 5) is 13.3. The molecule has 0 radical (unpaired) electrons. The molecule has 2 fully saturated rings. The molecule has 0 spiro atoms. The van der Waals surface area contributed by atoms with Crippen LogP contribution in [0.4, 0.5) is 26.3 Å². The topological polar surface area (TPSA) is 32.3 Å². The van der Waals surface area contributed by atoms with Crippen LogP contribution in [0.3, 0.4) is 0 Å². The van der Waals surface area contributed by atoms with Crippen LogP contribution in [-0.4, -0.2) is 40.9 Å². The van der Waals surface area contributed by atoms with Crippen molar-refractivity contribution in [2.45, 2.75) is 94.3 Å². The van der Waals surface area contributed by atoms with Crippen molar-refractivity contribution >= 4 is 5.91 Å². The highest BCUT2D eigenvalue weighted by Crippen LogP contribution is 2.50. The summed E-state index contributed by atoms with van der Waals surface area (Å²) >= 11 is 0. The Morgan fingerprint density at radius 1 is 0.742 bits per heavy atom. The number of hydrogen-bond donors (Lipinski definition) is 1. The number of alkyl halides is 6. The predicted molar refractivity (Wildman–Crippen MR) is 104 cm³/mol. The molecule has 1 N–H and O–H groups in total. The number of carbonyl (C=O) groups is 1. The number of carbonyl (C=O) groups excluding carboxylic acids is 1. The van der Waals surface area contributed by atoms with Gasteiger partial charge in [-0.15, -0.1) is 0 Å². The van der Waals surface area contributed by atoms with Gasteiger partial charge in [0, 0.05) is 17.6 Å². The fourth-order valence-electron chi connectivity index (χ4n) is 5.05. The second-order valence-corrected chi connectivity index (χ2v) is 8.52. The van der Waals surface area contributed by atoms with Crippen molar-refractivity contribution in [1.29, 1.82) is 0 Å². The molecule has 2 aliphatic carbocycles. The van der Waals surface area contributed by atoms with Crippen molar-refractivity contribution in [1.82, 2.24) is 10.2 Å². The smallest absolute Gasteiger partial charge is 0.318 e. The Kier molecular flexibility index (Phi) is 7.23. The second kappa shape index (κ2) is 9.38. The SMILES string of the molecule is O=C(NC(N(C1CCCCC1)C1CCCCC1)(C(F)(F)F)C(F)(F)F)c1ccccc1. The fourth-order valence-corrected chi connectivity index (χ4v) is 5.05. The molecule has 0 aliphatic heterocycles. The van der Waals surface area contributed by atoms with Gasteiger partial charge in [-0.2, -0.15) is 26.3 Å². The minimum atomic E-state index is -5.75. The Balaban J connectivity index is 2.13. The van der Waals surface area contributed by atoms with Gasteiger partial charge in [0.15, 0.2) is 0 Å². The van der Waals surface area contributed by atoms with E-state index in [0.717, 1.165) is 12.8 Å². The van der Waals surface area contributed by atoms with Gasteiger partial charge in [0.2, 0.25) is 0 Å².